The van der Waals surface area contributed by atoms with Gasteiger partial charge in [0, 0.05) is 22.6 Å². The molecule has 0 unspecified atom stereocenters. The van der Waals surface area contributed by atoms with Crippen LogP contribution in [0.1, 0.15) is 45.9 Å². The van der Waals surface area contributed by atoms with E-state index in [9.17, 15) is 4.79 Å². The molecule has 4 heteroatoms. The summed E-state index contributed by atoms with van der Waals surface area (Å²) in [6.45, 7) is 6.85. The average Bonchev–Trinajstić information content (AvgIpc) is 3.60. The largest absolute Gasteiger partial charge is 0.328 e. The normalized spacial score (nSPS) is 17.6. The molecule has 2 fully saturated rings. The molecule has 29 heavy (non-hydrogen) atoms. The molecule has 1 aliphatic heterocycles. The Morgan fingerprint density at radius 3 is 2.55 bits per heavy atom. The molecule has 1 saturated carbocycles. The average molecular weight is 387 g/mol. The van der Waals surface area contributed by atoms with E-state index in [1.807, 2.05) is 29.2 Å². The first-order valence-corrected chi connectivity index (χ1v) is 10.8. The van der Waals surface area contributed by atoms with Crippen LogP contribution in [0.4, 0.5) is 0 Å². The maximum Gasteiger partial charge on any atom is 0.255 e. The first-order valence-electron chi connectivity index (χ1n) is 10.8. The molecule has 1 aliphatic carbocycles. The topological polar surface area (TPSA) is 37.6 Å². The Labute approximate surface area is 172 Å². The predicted molar refractivity (Wildman–Crippen MR) is 115 cm³/mol. The number of amides is 1. The number of carbonyl (C=O) groups is 1. The van der Waals surface area contributed by atoms with E-state index in [0.29, 0.717) is 5.92 Å². The quantitative estimate of drug-likeness (QED) is 0.749. The second-order valence-corrected chi connectivity index (χ2v) is 8.53. The zero-order valence-corrected chi connectivity index (χ0v) is 17.0. The van der Waals surface area contributed by atoms with E-state index in [0.717, 1.165) is 54.9 Å². The van der Waals surface area contributed by atoms with Gasteiger partial charge in [-0.2, -0.15) is 0 Å². The van der Waals surface area contributed by atoms with Gasteiger partial charge in [0.1, 0.15) is 6.54 Å². The SMILES string of the molecule is Cc1ccccc1C[NH+]1CCN(C(=O)c2cc(C3CC3)nc3ccccc23)CC1. The van der Waals surface area contributed by atoms with Crippen molar-refractivity contribution in [2.24, 2.45) is 0 Å². The van der Waals surface area contributed by atoms with E-state index < -0.39 is 0 Å². The van der Waals surface area contributed by atoms with Crippen LogP contribution in [0.2, 0.25) is 0 Å². The number of nitrogens with one attached hydrogen (secondary N) is 1. The second kappa shape index (κ2) is 7.60. The van der Waals surface area contributed by atoms with Crippen LogP contribution in [-0.4, -0.2) is 42.0 Å². The highest BCUT2D eigenvalue weighted by Crippen LogP contribution is 2.40. The molecule has 0 atom stereocenters. The fourth-order valence-electron chi connectivity index (χ4n) is 4.41. The Kier molecular flexibility index (Phi) is 4.80. The summed E-state index contributed by atoms with van der Waals surface area (Å²) in [6.07, 6.45) is 2.39. The molecule has 2 aliphatic rings. The molecule has 148 valence electrons. The second-order valence-electron chi connectivity index (χ2n) is 8.53. The Morgan fingerprint density at radius 2 is 1.79 bits per heavy atom. The third kappa shape index (κ3) is 3.77. The summed E-state index contributed by atoms with van der Waals surface area (Å²) >= 11 is 0. The molecule has 3 aromatic rings. The van der Waals surface area contributed by atoms with Crippen LogP contribution >= 0.6 is 0 Å². The van der Waals surface area contributed by atoms with Crippen LogP contribution in [0.3, 0.4) is 0 Å². The van der Waals surface area contributed by atoms with E-state index in [2.05, 4.69) is 37.3 Å². The van der Waals surface area contributed by atoms with E-state index in [4.69, 9.17) is 4.98 Å². The molecule has 4 nitrogen and oxygen atoms in total. The van der Waals surface area contributed by atoms with Crippen molar-refractivity contribution in [1.29, 1.82) is 0 Å². The lowest BCUT2D eigenvalue weighted by Gasteiger charge is -2.32. The van der Waals surface area contributed by atoms with Gasteiger partial charge in [-0.1, -0.05) is 42.5 Å². The van der Waals surface area contributed by atoms with Crippen molar-refractivity contribution in [3.05, 3.63) is 77.0 Å². The van der Waals surface area contributed by atoms with E-state index in [-0.39, 0.29) is 5.91 Å². The number of hydrogen-bond acceptors (Lipinski definition) is 2. The van der Waals surface area contributed by atoms with Crippen molar-refractivity contribution < 1.29 is 9.69 Å². The third-order valence-electron chi connectivity index (χ3n) is 6.42. The van der Waals surface area contributed by atoms with Crippen molar-refractivity contribution in [2.45, 2.75) is 32.2 Å². The molecule has 1 aromatic heterocycles. The summed E-state index contributed by atoms with van der Waals surface area (Å²) in [6, 6.07) is 18.8. The van der Waals surface area contributed by atoms with Gasteiger partial charge in [-0.15, -0.1) is 0 Å². The molecule has 1 N–H and O–H groups in total. The molecular weight excluding hydrogens is 358 g/mol. The maximum atomic E-state index is 13.4. The Hall–Kier alpha value is -2.72. The first kappa shape index (κ1) is 18.3. The zero-order valence-electron chi connectivity index (χ0n) is 17.0. The minimum atomic E-state index is 0.167. The summed E-state index contributed by atoms with van der Waals surface area (Å²) < 4.78 is 0. The van der Waals surface area contributed by atoms with Crippen LogP contribution < -0.4 is 4.90 Å². The minimum absolute atomic E-state index is 0.167. The molecule has 0 radical (unpaired) electrons. The number of para-hydroxylation sites is 1. The number of fused-ring (bicyclic) bond motifs is 1. The lowest BCUT2D eigenvalue weighted by atomic mass is 10.0. The lowest BCUT2D eigenvalue weighted by molar-refractivity contribution is -0.917. The molecule has 0 bridgehead atoms. The Morgan fingerprint density at radius 1 is 1.07 bits per heavy atom. The van der Waals surface area contributed by atoms with E-state index >= 15 is 0 Å². The molecule has 0 spiro atoms. The summed E-state index contributed by atoms with van der Waals surface area (Å²) in [4.78, 5) is 21.8. The molecule has 1 amide bonds. The van der Waals surface area contributed by atoms with Gasteiger partial charge in [-0.05, 0) is 37.5 Å². The number of pyridine rings is 1. The zero-order chi connectivity index (χ0) is 19.8. The highest BCUT2D eigenvalue weighted by molar-refractivity contribution is 6.06. The van der Waals surface area contributed by atoms with Gasteiger partial charge in [0.05, 0.1) is 37.3 Å². The van der Waals surface area contributed by atoms with Crippen LogP contribution in [0.5, 0.6) is 0 Å². The van der Waals surface area contributed by atoms with Crippen LogP contribution in [0.25, 0.3) is 10.9 Å². The fourth-order valence-corrected chi connectivity index (χ4v) is 4.41. The first-order chi connectivity index (χ1) is 14.2. The number of carbonyl (C=O) groups excluding carboxylic acids is 1. The minimum Gasteiger partial charge on any atom is -0.328 e. The van der Waals surface area contributed by atoms with Gasteiger partial charge in [-0.25, -0.2) is 0 Å². The monoisotopic (exact) mass is 386 g/mol. The van der Waals surface area contributed by atoms with Gasteiger partial charge in [0.15, 0.2) is 0 Å². The van der Waals surface area contributed by atoms with Gasteiger partial charge in [0.2, 0.25) is 0 Å². The molecule has 5 rings (SSSR count). The van der Waals surface area contributed by atoms with Crippen LogP contribution in [0, 0.1) is 6.92 Å². The number of rotatable bonds is 4. The maximum absolute atomic E-state index is 13.4. The number of aromatic nitrogens is 1. The van der Waals surface area contributed by atoms with Crippen LogP contribution in [-0.2, 0) is 6.54 Å². The Bertz CT molecular complexity index is 1050. The molecule has 1 saturated heterocycles. The fraction of sp³-hybridized carbons (Fsp3) is 0.360. The number of aryl methyl sites for hydroxylation is 1. The molecule has 2 aromatic carbocycles. The molecule has 2 heterocycles. The third-order valence-corrected chi connectivity index (χ3v) is 6.42. The smallest absolute Gasteiger partial charge is 0.255 e. The van der Waals surface area contributed by atoms with Gasteiger partial charge >= 0.3 is 0 Å². The van der Waals surface area contributed by atoms with Gasteiger partial charge < -0.3 is 9.80 Å². The summed E-state index contributed by atoms with van der Waals surface area (Å²) in [5, 5.41) is 0.983. The van der Waals surface area contributed by atoms with E-state index in [1.54, 1.807) is 4.90 Å². The highest BCUT2D eigenvalue weighted by Gasteiger charge is 2.29. The highest BCUT2D eigenvalue weighted by atomic mass is 16.2. The summed E-state index contributed by atoms with van der Waals surface area (Å²) in [7, 11) is 0. The van der Waals surface area contributed by atoms with Gasteiger partial charge in [-0.3, -0.25) is 9.78 Å². The standard InChI is InChI=1S/C25H27N3O/c1-18-6-2-3-7-20(18)17-27-12-14-28(15-13-27)25(29)22-16-24(19-10-11-19)26-23-9-5-4-8-21(22)23/h2-9,16,19H,10-15,17H2,1H3/p+1. The van der Waals surface area contributed by atoms with Crippen molar-refractivity contribution in [1.82, 2.24) is 9.88 Å². The van der Waals surface area contributed by atoms with Crippen molar-refractivity contribution in [2.75, 3.05) is 26.2 Å². The number of hydrogen-bond donors (Lipinski definition) is 1. The Balaban J connectivity index is 1.33. The predicted octanol–water partition coefficient (Wildman–Crippen LogP) is 2.96. The molecular formula is C25H28N3O+. The van der Waals surface area contributed by atoms with Crippen molar-refractivity contribution in [3.63, 3.8) is 0 Å². The number of nitrogens with zero attached hydrogens (tertiary/aromatic N) is 2. The number of piperazine rings is 1. The number of quaternary nitrogens is 1. The summed E-state index contributed by atoms with van der Waals surface area (Å²) in [5.41, 5.74) is 5.64. The van der Waals surface area contributed by atoms with Gasteiger partial charge in [0.25, 0.3) is 5.91 Å². The summed E-state index contributed by atoms with van der Waals surface area (Å²) in [5.74, 6) is 0.710. The van der Waals surface area contributed by atoms with Crippen molar-refractivity contribution in [3.8, 4) is 0 Å². The number of benzene rings is 2. The van der Waals surface area contributed by atoms with Crippen molar-refractivity contribution >= 4 is 16.8 Å². The van der Waals surface area contributed by atoms with Crippen LogP contribution in [0.15, 0.2) is 54.6 Å². The lowest BCUT2D eigenvalue weighted by Crippen LogP contribution is -3.13. The van der Waals surface area contributed by atoms with E-state index in [1.165, 1.54) is 24.0 Å².